The third-order valence-electron chi connectivity index (χ3n) is 4.59. The number of amides is 3. The summed E-state index contributed by atoms with van der Waals surface area (Å²) in [4.78, 5) is 41.9. The van der Waals surface area contributed by atoms with E-state index in [1.807, 2.05) is 6.92 Å². The molecule has 0 spiro atoms. The van der Waals surface area contributed by atoms with Gasteiger partial charge in [-0.05, 0) is 43.3 Å². The second kappa shape index (κ2) is 7.12. The first-order valence-corrected chi connectivity index (χ1v) is 9.64. The summed E-state index contributed by atoms with van der Waals surface area (Å²) in [6.07, 6.45) is 0.405. The number of nitrogens with zero attached hydrogens (tertiary/aromatic N) is 3. The van der Waals surface area contributed by atoms with E-state index in [-0.39, 0.29) is 30.5 Å². The van der Waals surface area contributed by atoms with Crippen molar-refractivity contribution in [3.05, 3.63) is 58.6 Å². The molecule has 0 radical (unpaired) electrons. The van der Waals surface area contributed by atoms with Gasteiger partial charge in [-0.1, -0.05) is 17.4 Å². The van der Waals surface area contributed by atoms with Crippen molar-refractivity contribution < 1.29 is 18.8 Å². The number of para-hydroxylation sites is 1. The maximum absolute atomic E-state index is 14.2. The topological polar surface area (TPSA) is 71.7 Å². The van der Waals surface area contributed by atoms with Crippen LogP contribution in [0.15, 0.2) is 47.5 Å². The number of halogens is 1. The van der Waals surface area contributed by atoms with Crippen LogP contribution in [0.4, 0.5) is 10.1 Å². The molecule has 2 aromatic carbocycles. The quantitative estimate of drug-likeness (QED) is 0.637. The normalized spacial score (nSPS) is 15.1. The molecule has 0 bridgehead atoms. The summed E-state index contributed by atoms with van der Waals surface area (Å²) in [6.45, 7) is 2.34. The van der Waals surface area contributed by atoms with Crippen molar-refractivity contribution in [3.8, 4) is 0 Å². The number of aryl methyl sites for hydroxylation is 1. The molecule has 8 heteroatoms. The lowest BCUT2D eigenvalue weighted by molar-refractivity contribution is -0.121. The number of imide groups is 1. The molecule has 0 N–H and O–H groups in total. The van der Waals surface area contributed by atoms with Crippen molar-refractivity contribution >= 4 is 45.0 Å². The summed E-state index contributed by atoms with van der Waals surface area (Å²) < 4.78 is 16.5. The Bertz CT molecular complexity index is 1160. The number of fused-ring (bicyclic) bond motifs is 1. The van der Waals surface area contributed by atoms with Crippen LogP contribution < -0.4 is 9.70 Å². The molecule has 4 rings (SSSR count). The minimum Gasteiger partial charge on any atom is -0.314 e. The number of hydrogen-bond acceptors (Lipinski definition) is 4. The summed E-state index contributed by atoms with van der Waals surface area (Å²) in [7, 11) is 0. The summed E-state index contributed by atoms with van der Waals surface area (Å²) in [5.74, 6) is -1.32. The number of thiazole rings is 1. The number of carbonyl (C=O) groups excluding carboxylic acids is 3. The molecule has 0 atom stereocenters. The predicted molar refractivity (Wildman–Crippen MR) is 104 cm³/mol. The van der Waals surface area contributed by atoms with Crippen molar-refractivity contribution in [2.24, 2.45) is 4.99 Å². The Kier molecular flexibility index (Phi) is 4.64. The molecule has 1 saturated heterocycles. The highest BCUT2D eigenvalue weighted by Gasteiger charge is 2.30. The van der Waals surface area contributed by atoms with Gasteiger partial charge in [0.1, 0.15) is 5.82 Å². The number of benzene rings is 2. The van der Waals surface area contributed by atoms with E-state index >= 15 is 0 Å². The minimum atomic E-state index is -0.472. The van der Waals surface area contributed by atoms with Crippen LogP contribution in [0.5, 0.6) is 0 Å². The van der Waals surface area contributed by atoms with Crippen molar-refractivity contribution in [1.82, 2.24) is 4.57 Å². The molecule has 0 saturated carbocycles. The van der Waals surface area contributed by atoms with Crippen LogP contribution in [0, 0.1) is 5.82 Å². The summed E-state index contributed by atoms with van der Waals surface area (Å²) in [5, 5.41) is 0. The SMILES string of the molecule is CCn1c(=NC(=O)c2ccc(N3C(=O)CCC3=O)cc2)sc2cccc(F)c21. The number of rotatable bonds is 3. The Hall–Kier alpha value is -3.13. The van der Waals surface area contributed by atoms with E-state index in [2.05, 4.69) is 4.99 Å². The molecular weight excluding hydrogens is 381 g/mol. The lowest BCUT2D eigenvalue weighted by atomic mass is 10.2. The van der Waals surface area contributed by atoms with Crippen molar-refractivity contribution in [1.29, 1.82) is 0 Å². The van der Waals surface area contributed by atoms with Crippen LogP contribution in [-0.2, 0) is 16.1 Å². The zero-order valence-electron chi connectivity index (χ0n) is 15.0. The fraction of sp³-hybridized carbons (Fsp3) is 0.200. The molecule has 0 unspecified atom stereocenters. The molecule has 1 aromatic heterocycles. The molecule has 1 aliphatic rings. The highest BCUT2D eigenvalue weighted by molar-refractivity contribution is 7.16. The van der Waals surface area contributed by atoms with Gasteiger partial charge in [-0.3, -0.25) is 19.3 Å². The van der Waals surface area contributed by atoms with Crippen molar-refractivity contribution in [2.45, 2.75) is 26.3 Å². The van der Waals surface area contributed by atoms with E-state index < -0.39 is 5.91 Å². The molecule has 142 valence electrons. The Labute approximate surface area is 163 Å². The van der Waals surface area contributed by atoms with E-state index in [9.17, 15) is 18.8 Å². The Morgan fingerprint density at radius 2 is 1.79 bits per heavy atom. The molecule has 3 aromatic rings. The molecule has 1 fully saturated rings. The van der Waals surface area contributed by atoms with Gasteiger partial charge in [0.25, 0.3) is 5.91 Å². The maximum atomic E-state index is 14.2. The average molecular weight is 397 g/mol. The van der Waals surface area contributed by atoms with Gasteiger partial charge in [0, 0.05) is 24.9 Å². The fourth-order valence-electron chi connectivity index (χ4n) is 3.23. The lowest BCUT2D eigenvalue weighted by Gasteiger charge is -2.13. The first-order chi connectivity index (χ1) is 13.5. The van der Waals surface area contributed by atoms with Gasteiger partial charge in [-0.15, -0.1) is 0 Å². The second-order valence-electron chi connectivity index (χ2n) is 6.30. The third-order valence-corrected chi connectivity index (χ3v) is 5.63. The number of aromatic nitrogens is 1. The van der Waals surface area contributed by atoms with Crippen molar-refractivity contribution in [3.63, 3.8) is 0 Å². The monoisotopic (exact) mass is 397 g/mol. The van der Waals surface area contributed by atoms with Gasteiger partial charge < -0.3 is 4.57 Å². The molecule has 1 aliphatic heterocycles. The smallest absolute Gasteiger partial charge is 0.279 e. The van der Waals surface area contributed by atoms with Crippen LogP contribution in [0.25, 0.3) is 10.2 Å². The fourth-order valence-corrected chi connectivity index (χ4v) is 4.34. The molecule has 6 nitrogen and oxygen atoms in total. The van der Waals surface area contributed by atoms with E-state index in [4.69, 9.17) is 0 Å². The maximum Gasteiger partial charge on any atom is 0.279 e. The molecule has 0 aliphatic carbocycles. The zero-order chi connectivity index (χ0) is 19.8. The van der Waals surface area contributed by atoms with Gasteiger partial charge in [-0.25, -0.2) is 4.39 Å². The van der Waals surface area contributed by atoms with E-state index in [1.165, 1.54) is 29.5 Å². The highest BCUT2D eigenvalue weighted by atomic mass is 32.1. The van der Waals surface area contributed by atoms with E-state index in [1.54, 1.807) is 28.8 Å². The zero-order valence-corrected chi connectivity index (χ0v) is 15.8. The lowest BCUT2D eigenvalue weighted by Crippen LogP contribution is -2.28. The van der Waals surface area contributed by atoms with Gasteiger partial charge in [0.2, 0.25) is 11.8 Å². The van der Waals surface area contributed by atoms with Gasteiger partial charge >= 0.3 is 0 Å². The van der Waals surface area contributed by atoms with Crippen LogP contribution >= 0.6 is 11.3 Å². The van der Waals surface area contributed by atoms with Crippen LogP contribution in [0.1, 0.15) is 30.1 Å². The number of hydrogen-bond donors (Lipinski definition) is 0. The minimum absolute atomic E-state index is 0.203. The standard InChI is InChI=1S/C20H16FN3O3S/c1-2-23-18-14(21)4-3-5-15(18)28-20(23)22-19(27)12-6-8-13(9-7-12)24-16(25)10-11-17(24)26/h3-9H,2,10-11H2,1H3. The second-order valence-corrected chi connectivity index (χ2v) is 7.31. The first kappa shape index (κ1) is 18.2. The average Bonchev–Trinajstić information content (AvgIpc) is 3.21. The molecule has 28 heavy (non-hydrogen) atoms. The van der Waals surface area contributed by atoms with Crippen molar-refractivity contribution in [2.75, 3.05) is 4.90 Å². The third kappa shape index (κ3) is 3.05. The number of anilines is 1. The van der Waals surface area contributed by atoms with E-state index in [0.717, 1.165) is 9.60 Å². The van der Waals surface area contributed by atoms with E-state index in [0.29, 0.717) is 28.1 Å². The van der Waals surface area contributed by atoms with Crippen LogP contribution in [0.3, 0.4) is 0 Å². The van der Waals surface area contributed by atoms with Crippen LogP contribution in [-0.4, -0.2) is 22.3 Å². The molecular formula is C20H16FN3O3S. The summed E-state index contributed by atoms with van der Waals surface area (Å²) >= 11 is 1.25. The Morgan fingerprint density at radius 1 is 1.11 bits per heavy atom. The first-order valence-electron chi connectivity index (χ1n) is 8.82. The van der Waals surface area contributed by atoms with Crippen LogP contribution in [0.2, 0.25) is 0 Å². The summed E-state index contributed by atoms with van der Waals surface area (Å²) in [5.41, 5.74) is 1.20. The molecule has 3 amide bonds. The number of carbonyl (C=O) groups is 3. The Morgan fingerprint density at radius 3 is 2.43 bits per heavy atom. The Balaban J connectivity index is 1.69. The van der Waals surface area contributed by atoms with Gasteiger partial charge in [0.15, 0.2) is 4.80 Å². The van der Waals surface area contributed by atoms with Gasteiger partial charge in [-0.2, -0.15) is 4.99 Å². The van der Waals surface area contributed by atoms with Gasteiger partial charge in [0.05, 0.1) is 15.9 Å². The molecule has 2 heterocycles. The predicted octanol–water partition coefficient (Wildman–Crippen LogP) is 3.26. The summed E-state index contributed by atoms with van der Waals surface area (Å²) in [6, 6.07) is 11.0. The largest absolute Gasteiger partial charge is 0.314 e. The highest BCUT2D eigenvalue weighted by Crippen LogP contribution is 2.23.